The monoisotopic (exact) mass is 611 g/mol. The summed E-state index contributed by atoms with van der Waals surface area (Å²) in [4.78, 5) is 21.6. The second kappa shape index (κ2) is 17.3. The first kappa shape index (κ1) is 36.1. The van der Waals surface area contributed by atoms with Gasteiger partial charge >= 0.3 is 11.9 Å². The Morgan fingerprint density at radius 2 is 1.30 bits per heavy atom. The van der Waals surface area contributed by atoms with Gasteiger partial charge in [-0.2, -0.15) is 0 Å². The summed E-state index contributed by atoms with van der Waals surface area (Å²) in [7, 11) is 0. The van der Waals surface area contributed by atoms with E-state index in [-0.39, 0.29) is 28.4 Å². The standard InChI is InChI=1S/C31H37F2NO.C4H4O4.H2O/c1-31(2,3)26-9-15-29(16-10-26)35-22-4-19-34-20-17-25(18-21-34)30(23-5-11-27(32)12-6-23)24-7-13-28(33)14-8-24;5-3(6)1-2-4(7)8;/h5-16,25,30H,4,17-22H2,1-3H3;1-2H,(H,5,6)(H,7,8);1H2. The first-order valence-corrected chi connectivity index (χ1v) is 14.5. The zero-order valence-electron chi connectivity index (χ0n) is 25.5. The number of aliphatic carboxylic acids is 2. The molecular weight excluding hydrogens is 568 g/mol. The maximum absolute atomic E-state index is 13.6. The van der Waals surface area contributed by atoms with E-state index in [1.807, 2.05) is 24.3 Å². The van der Waals surface area contributed by atoms with Gasteiger partial charge in [0, 0.05) is 24.6 Å². The van der Waals surface area contributed by atoms with Crippen LogP contribution in [0.3, 0.4) is 0 Å². The molecule has 4 N–H and O–H groups in total. The summed E-state index contributed by atoms with van der Waals surface area (Å²) >= 11 is 0. The Balaban J connectivity index is 0.000000662. The molecule has 4 rings (SSSR count). The van der Waals surface area contributed by atoms with Gasteiger partial charge < -0.3 is 25.3 Å². The van der Waals surface area contributed by atoms with Crippen molar-refractivity contribution >= 4 is 11.9 Å². The summed E-state index contributed by atoms with van der Waals surface area (Å²) in [5, 5.41) is 15.6. The zero-order chi connectivity index (χ0) is 31.4. The Morgan fingerprint density at radius 3 is 1.70 bits per heavy atom. The van der Waals surface area contributed by atoms with Crippen LogP contribution in [-0.4, -0.2) is 58.8 Å². The van der Waals surface area contributed by atoms with Crippen LogP contribution in [0.2, 0.25) is 0 Å². The fraction of sp³-hybridized carbons (Fsp3) is 0.371. The molecule has 0 radical (unpaired) electrons. The van der Waals surface area contributed by atoms with E-state index >= 15 is 0 Å². The number of carbonyl (C=O) groups is 2. The lowest BCUT2D eigenvalue weighted by molar-refractivity contribution is -0.134. The Labute approximate surface area is 258 Å². The van der Waals surface area contributed by atoms with Gasteiger partial charge in [-0.1, -0.05) is 57.2 Å². The quantitative estimate of drug-likeness (QED) is 0.201. The molecule has 1 saturated heterocycles. The van der Waals surface area contributed by atoms with Gasteiger partial charge in [0.1, 0.15) is 17.4 Å². The van der Waals surface area contributed by atoms with Crippen LogP contribution in [0.4, 0.5) is 8.78 Å². The lowest BCUT2D eigenvalue weighted by Crippen LogP contribution is -2.36. The minimum atomic E-state index is -1.26. The van der Waals surface area contributed by atoms with Crippen LogP contribution < -0.4 is 4.74 Å². The van der Waals surface area contributed by atoms with Crippen molar-refractivity contribution in [3.05, 3.63) is 113 Å². The third kappa shape index (κ3) is 11.9. The van der Waals surface area contributed by atoms with Gasteiger partial charge in [0.15, 0.2) is 0 Å². The highest BCUT2D eigenvalue weighted by molar-refractivity contribution is 5.89. The van der Waals surface area contributed by atoms with Gasteiger partial charge in [-0.15, -0.1) is 0 Å². The van der Waals surface area contributed by atoms with Crippen LogP contribution in [0.15, 0.2) is 84.9 Å². The molecule has 0 saturated carbocycles. The van der Waals surface area contributed by atoms with E-state index in [1.54, 1.807) is 0 Å². The molecule has 1 fully saturated rings. The lowest BCUT2D eigenvalue weighted by atomic mass is 9.76. The number of nitrogens with zero attached hydrogens (tertiary/aromatic N) is 1. The average Bonchev–Trinajstić information content (AvgIpc) is 2.97. The number of rotatable bonds is 10. The van der Waals surface area contributed by atoms with Crippen LogP contribution in [0.1, 0.15) is 62.6 Å². The molecule has 1 aliphatic heterocycles. The normalized spacial score (nSPS) is 14.0. The number of carboxylic acid groups (broad SMARTS) is 2. The third-order valence-electron chi connectivity index (χ3n) is 7.54. The molecule has 0 aromatic heterocycles. The number of ether oxygens (including phenoxy) is 1. The fourth-order valence-corrected chi connectivity index (χ4v) is 5.26. The molecule has 0 unspecified atom stereocenters. The number of likely N-dealkylation sites (tertiary alicyclic amines) is 1. The Hall–Kier alpha value is -4.08. The molecule has 3 aromatic carbocycles. The molecule has 3 aromatic rings. The highest BCUT2D eigenvalue weighted by Gasteiger charge is 2.29. The van der Waals surface area contributed by atoms with Crippen LogP contribution in [0.25, 0.3) is 0 Å². The highest BCUT2D eigenvalue weighted by Crippen LogP contribution is 2.38. The van der Waals surface area contributed by atoms with Gasteiger partial charge in [0.25, 0.3) is 0 Å². The summed E-state index contributed by atoms with van der Waals surface area (Å²) in [5.74, 6) is -1.45. The molecular formula is C35H43F2NO6. The predicted molar refractivity (Wildman–Crippen MR) is 167 cm³/mol. The Kier molecular flexibility index (Phi) is 14.2. The summed E-state index contributed by atoms with van der Waals surface area (Å²) in [6.07, 6.45) is 4.23. The Bertz CT molecular complexity index is 1270. The van der Waals surface area contributed by atoms with Gasteiger partial charge in [-0.3, -0.25) is 0 Å². The molecule has 0 amide bonds. The molecule has 1 aliphatic rings. The van der Waals surface area contributed by atoms with Crippen molar-refractivity contribution in [2.45, 2.75) is 51.4 Å². The molecule has 0 aliphatic carbocycles. The second-order valence-electron chi connectivity index (χ2n) is 11.7. The predicted octanol–water partition coefficient (Wildman–Crippen LogP) is 6.46. The maximum atomic E-state index is 13.6. The van der Waals surface area contributed by atoms with Gasteiger partial charge in [-0.05, 0) is 96.8 Å². The molecule has 0 spiro atoms. The van der Waals surface area contributed by atoms with Gasteiger partial charge in [-0.25, -0.2) is 18.4 Å². The average molecular weight is 612 g/mol. The molecule has 44 heavy (non-hydrogen) atoms. The zero-order valence-corrected chi connectivity index (χ0v) is 25.5. The number of benzene rings is 3. The van der Waals surface area contributed by atoms with Crippen LogP contribution in [0, 0.1) is 17.6 Å². The first-order chi connectivity index (χ1) is 20.4. The summed E-state index contributed by atoms with van der Waals surface area (Å²) in [6, 6.07) is 22.0. The summed E-state index contributed by atoms with van der Waals surface area (Å²) in [6.45, 7) is 10.4. The van der Waals surface area contributed by atoms with Gasteiger partial charge in [0.2, 0.25) is 0 Å². The molecule has 238 valence electrons. The smallest absolute Gasteiger partial charge is 0.328 e. The largest absolute Gasteiger partial charge is 0.494 e. The molecule has 1 heterocycles. The third-order valence-corrected chi connectivity index (χ3v) is 7.54. The number of halogens is 2. The number of hydrogen-bond acceptors (Lipinski definition) is 4. The van der Waals surface area contributed by atoms with E-state index in [2.05, 4.69) is 49.9 Å². The van der Waals surface area contributed by atoms with E-state index in [9.17, 15) is 18.4 Å². The van der Waals surface area contributed by atoms with Crippen molar-refractivity contribution in [2.24, 2.45) is 5.92 Å². The van der Waals surface area contributed by atoms with Crippen molar-refractivity contribution < 1.29 is 38.8 Å². The summed E-state index contributed by atoms with van der Waals surface area (Å²) in [5.41, 5.74) is 3.66. The van der Waals surface area contributed by atoms with Crippen molar-refractivity contribution in [2.75, 3.05) is 26.2 Å². The molecule has 9 heteroatoms. The molecule has 0 atom stereocenters. The van der Waals surface area contributed by atoms with Crippen LogP contribution in [-0.2, 0) is 15.0 Å². The minimum Gasteiger partial charge on any atom is -0.494 e. The second-order valence-corrected chi connectivity index (χ2v) is 11.7. The van der Waals surface area contributed by atoms with E-state index in [0.29, 0.717) is 24.7 Å². The van der Waals surface area contributed by atoms with E-state index in [0.717, 1.165) is 55.8 Å². The fourth-order valence-electron chi connectivity index (χ4n) is 5.26. The van der Waals surface area contributed by atoms with Gasteiger partial charge in [0.05, 0.1) is 6.61 Å². The van der Waals surface area contributed by atoms with Crippen molar-refractivity contribution in [3.8, 4) is 5.75 Å². The van der Waals surface area contributed by atoms with Crippen molar-refractivity contribution in [1.29, 1.82) is 0 Å². The number of piperidine rings is 1. The molecule has 7 nitrogen and oxygen atoms in total. The van der Waals surface area contributed by atoms with Crippen LogP contribution in [0.5, 0.6) is 5.75 Å². The molecule has 0 bridgehead atoms. The maximum Gasteiger partial charge on any atom is 0.328 e. The van der Waals surface area contributed by atoms with Crippen LogP contribution >= 0.6 is 0 Å². The van der Waals surface area contributed by atoms with E-state index in [1.165, 1.54) is 29.8 Å². The minimum absolute atomic E-state index is 0. The first-order valence-electron chi connectivity index (χ1n) is 14.5. The highest BCUT2D eigenvalue weighted by atomic mass is 19.1. The van der Waals surface area contributed by atoms with E-state index < -0.39 is 11.9 Å². The topological polar surface area (TPSA) is 119 Å². The summed E-state index contributed by atoms with van der Waals surface area (Å²) < 4.78 is 33.1. The number of hydrogen-bond donors (Lipinski definition) is 2. The lowest BCUT2D eigenvalue weighted by Gasteiger charge is -2.36. The SMILES string of the molecule is CC(C)(C)c1ccc(OCCCN2CCC(C(c3ccc(F)cc3)c3ccc(F)cc3)CC2)cc1.O.O=C(O)C=CC(=O)O. The van der Waals surface area contributed by atoms with Crippen molar-refractivity contribution in [3.63, 3.8) is 0 Å². The Morgan fingerprint density at radius 1 is 0.841 bits per heavy atom. The van der Waals surface area contributed by atoms with Crippen molar-refractivity contribution in [1.82, 2.24) is 4.90 Å². The number of carboxylic acids is 2. The van der Waals surface area contributed by atoms with E-state index in [4.69, 9.17) is 14.9 Å².